The van der Waals surface area contributed by atoms with Gasteiger partial charge >= 0.3 is 6.18 Å². The molecule has 0 radical (unpaired) electrons. The minimum Gasteiger partial charge on any atom is -0.336 e. The standard InChI is InChI=1S/C38H34F5N3O2S/c39-32-13-8-11-28(37(32)40)25-49-36-22-34(47)30-12-4-5-14-33(30)46(36)24-35(48)45(20-19-44-17-6-7-18-44)23-26-15-16-29(27-9-2-1-3-10-27)31(21-26)38(41,42)43/h1-5,8-16,21-22H,6-7,17-20,23-25H2. The maximum atomic E-state index is 14.5. The molecule has 1 saturated heterocycles. The Balaban J connectivity index is 1.33. The molecule has 1 amide bonds. The van der Waals surface area contributed by atoms with E-state index < -0.39 is 23.4 Å². The third-order valence-corrected chi connectivity index (χ3v) is 9.86. The molecule has 0 aliphatic carbocycles. The van der Waals surface area contributed by atoms with E-state index in [1.165, 1.54) is 24.3 Å². The maximum Gasteiger partial charge on any atom is 0.417 e. The van der Waals surface area contributed by atoms with E-state index in [-0.39, 0.29) is 47.8 Å². The zero-order chi connectivity index (χ0) is 34.5. The number of hydrogen-bond acceptors (Lipinski definition) is 4. The molecule has 49 heavy (non-hydrogen) atoms. The third-order valence-electron chi connectivity index (χ3n) is 8.77. The number of benzene rings is 4. The minimum atomic E-state index is -4.62. The average molecular weight is 692 g/mol. The predicted octanol–water partition coefficient (Wildman–Crippen LogP) is 8.38. The molecule has 6 rings (SSSR count). The monoisotopic (exact) mass is 691 g/mol. The van der Waals surface area contributed by atoms with E-state index in [1.807, 2.05) is 0 Å². The number of likely N-dealkylation sites (tertiary alicyclic amines) is 1. The molecule has 11 heteroatoms. The van der Waals surface area contributed by atoms with Crippen molar-refractivity contribution in [3.63, 3.8) is 0 Å². The summed E-state index contributed by atoms with van der Waals surface area (Å²) in [6.45, 7) is 2.34. The summed E-state index contributed by atoms with van der Waals surface area (Å²) in [5.74, 6) is -2.32. The second-order valence-electron chi connectivity index (χ2n) is 12.1. The zero-order valence-electron chi connectivity index (χ0n) is 26.6. The first-order valence-corrected chi connectivity index (χ1v) is 17.0. The normalized spacial score (nSPS) is 13.7. The first-order chi connectivity index (χ1) is 23.6. The van der Waals surface area contributed by atoms with Gasteiger partial charge in [0, 0.05) is 42.4 Å². The minimum absolute atomic E-state index is 0.00220. The molecule has 0 atom stereocenters. The average Bonchev–Trinajstić information content (AvgIpc) is 3.62. The number of carbonyl (C=O) groups excluding carboxylic acids is 1. The smallest absolute Gasteiger partial charge is 0.336 e. The predicted molar refractivity (Wildman–Crippen MR) is 182 cm³/mol. The van der Waals surface area contributed by atoms with Gasteiger partial charge in [0.25, 0.3) is 0 Å². The third kappa shape index (κ3) is 8.05. The van der Waals surface area contributed by atoms with Crippen molar-refractivity contribution in [1.82, 2.24) is 14.4 Å². The van der Waals surface area contributed by atoms with Crippen LogP contribution in [0.1, 0.15) is 29.5 Å². The fourth-order valence-electron chi connectivity index (χ4n) is 6.21. The number of thioether (sulfide) groups is 1. The van der Waals surface area contributed by atoms with Crippen molar-refractivity contribution in [2.75, 3.05) is 26.2 Å². The van der Waals surface area contributed by atoms with Crippen molar-refractivity contribution in [2.24, 2.45) is 0 Å². The number of halogens is 5. The molecule has 0 saturated carbocycles. The van der Waals surface area contributed by atoms with Gasteiger partial charge < -0.3 is 14.4 Å². The summed E-state index contributed by atoms with van der Waals surface area (Å²) in [5.41, 5.74) is 0.359. The van der Waals surface area contributed by atoms with Crippen molar-refractivity contribution >= 4 is 28.6 Å². The number of pyridine rings is 1. The molecule has 0 unspecified atom stereocenters. The number of aromatic nitrogens is 1. The Hall–Kier alpha value is -4.48. The topological polar surface area (TPSA) is 45.6 Å². The highest BCUT2D eigenvalue weighted by Crippen LogP contribution is 2.38. The van der Waals surface area contributed by atoms with E-state index in [0.717, 1.165) is 49.8 Å². The number of hydrogen-bond donors (Lipinski definition) is 0. The van der Waals surface area contributed by atoms with Gasteiger partial charge in [0.05, 0.1) is 16.1 Å². The summed E-state index contributed by atoms with van der Waals surface area (Å²) in [7, 11) is 0. The van der Waals surface area contributed by atoms with Crippen molar-refractivity contribution < 1.29 is 26.7 Å². The maximum absolute atomic E-state index is 14.5. The van der Waals surface area contributed by atoms with Gasteiger partial charge in [-0.25, -0.2) is 8.78 Å². The second kappa shape index (κ2) is 15.0. The highest BCUT2D eigenvalue weighted by Gasteiger charge is 2.34. The van der Waals surface area contributed by atoms with E-state index in [0.29, 0.717) is 33.6 Å². The first kappa shape index (κ1) is 34.4. The molecule has 1 fully saturated rings. The van der Waals surface area contributed by atoms with Crippen LogP contribution >= 0.6 is 11.8 Å². The van der Waals surface area contributed by atoms with Crippen LogP contribution in [0.25, 0.3) is 22.0 Å². The summed E-state index contributed by atoms with van der Waals surface area (Å²) < 4.78 is 73.2. The Morgan fingerprint density at radius 2 is 1.59 bits per heavy atom. The quantitative estimate of drug-likeness (QED) is 0.103. The Kier molecular flexibility index (Phi) is 10.5. The van der Waals surface area contributed by atoms with Gasteiger partial charge in [0.15, 0.2) is 17.1 Å². The van der Waals surface area contributed by atoms with E-state index in [1.54, 1.807) is 70.1 Å². The Morgan fingerprint density at radius 1 is 0.857 bits per heavy atom. The van der Waals surface area contributed by atoms with Crippen LogP contribution in [0.5, 0.6) is 0 Å². The van der Waals surface area contributed by atoms with Gasteiger partial charge in [-0.05, 0) is 66.9 Å². The Labute approximate surface area is 285 Å². The van der Waals surface area contributed by atoms with Crippen LogP contribution in [0.4, 0.5) is 22.0 Å². The molecule has 0 spiro atoms. The van der Waals surface area contributed by atoms with Crippen LogP contribution in [0, 0.1) is 11.6 Å². The molecule has 1 aliphatic rings. The van der Waals surface area contributed by atoms with Gasteiger partial charge in [-0.15, -0.1) is 11.8 Å². The van der Waals surface area contributed by atoms with Gasteiger partial charge in [-0.2, -0.15) is 13.2 Å². The van der Waals surface area contributed by atoms with E-state index >= 15 is 0 Å². The van der Waals surface area contributed by atoms with Gasteiger partial charge in [0.1, 0.15) is 6.54 Å². The molecule has 1 aromatic heterocycles. The highest BCUT2D eigenvalue weighted by molar-refractivity contribution is 7.98. The highest BCUT2D eigenvalue weighted by atomic mass is 32.2. The summed E-state index contributed by atoms with van der Waals surface area (Å²) in [6, 6.07) is 24.6. The molecule has 2 heterocycles. The lowest BCUT2D eigenvalue weighted by Gasteiger charge is -2.27. The van der Waals surface area contributed by atoms with Crippen molar-refractivity contribution in [2.45, 2.75) is 42.9 Å². The molecule has 1 aliphatic heterocycles. The fourth-order valence-corrected chi connectivity index (χ4v) is 7.24. The second-order valence-corrected chi connectivity index (χ2v) is 13.1. The molecule has 0 bridgehead atoms. The van der Waals surface area contributed by atoms with Gasteiger partial charge in [-0.1, -0.05) is 66.7 Å². The number of amides is 1. The van der Waals surface area contributed by atoms with Crippen LogP contribution < -0.4 is 5.43 Å². The Morgan fingerprint density at radius 3 is 2.35 bits per heavy atom. The van der Waals surface area contributed by atoms with Crippen molar-refractivity contribution in [1.29, 1.82) is 0 Å². The number of alkyl halides is 3. The molecule has 5 aromatic rings. The molecule has 4 aromatic carbocycles. The Bertz CT molecular complexity index is 2010. The van der Waals surface area contributed by atoms with Crippen LogP contribution in [-0.2, 0) is 29.8 Å². The van der Waals surface area contributed by atoms with Crippen molar-refractivity contribution in [3.8, 4) is 11.1 Å². The van der Waals surface area contributed by atoms with Crippen LogP contribution in [-0.4, -0.2) is 46.5 Å². The van der Waals surface area contributed by atoms with Gasteiger partial charge in [0.2, 0.25) is 5.91 Å². The lowest BCUT2D eigenvalue weighted by molar-refractivity contribution is -0.137. The lowest BCUT2D eigenvalue weighted by Crippen LogP contribution is -2.39. The number of carbonyl (C=O) groups is 1. The number of nitrogens with zero attached hydrogens (tertiary/aromatic N) is 3. The molecular formula is C38H34F5N3O2S. The molecule has 0 N–H and O–H groups in total. The SMILES string of the molecule is O=C(Cn1c(SCc2cccc(F)c2F)cc(=O)c2ccccc21)N(CCN1CCCC1)Cc1ccc(-c2ccccc2)c(C(F)(F)F)c1. The number of rotatable bonds is 11. The van der Waals surface area contributed by atoms with Crippen LogP contribution in [0.2, 0.25) is 0 Å². The molecular weight excluding hydrogens is 657 g/mol. The largest absolute Gasteiger partial charge is 0.417 e. The summed E-state index contributed by atoms with van der Waals surface area (Å²) in [4.78, 5) is 31.1. The van der Waals surface area contributed by atoms with E-state index in [2.05, 4.69) is 4.90 Å². The number of para-hydroxylation sites is 1. The molecule has 5 nitrogen and oxygen atoms in total. The van der Waals surface area contributed by atoms with Crippen LogP contribution in [0.15, 0.2) is 107 Å². The van der Waals surface area contributed by atoms with E-state index in [4.69, 9.17) is 0 Å². The summed E-state index contributed by atoms with van der Waals surface area (Å²) in [5, 5.41) is 0.762. The zero-order valence-corrected chi connectivity index (χ0v) is 27.4. The van der Waals surface area contributed by atoms with Crippen molar-refractivity contribution in [3.05, 3.63) is 136 Å². The van der Waals surface area contributed by atoms with E-state index in [9.17, 15) is 31.5 Å². The fraction of sp³-hybridized carbons (Fsp3) is 0.263. The van der Waals surface area contributed by atoms with Crippen LogP contribution in [0.3, 0.4) is 0 Å². The number of fused-ring (bicyclic) bond motifs is 1. The summed E-state index contributed by atoms with van der Waals surface area (Å²) in [6.07, 6.45) is -2.53. The molecule has 254 valence electrons. The summed E-state index contributed by atoms with van der Waals surface area (Å²) >= 11 is 1.10. The van der Waals surface area contributed by atoms with Gasteiger partial charge in [-0.3, -0.25) is 9.59 Å². The lowest BCUT2D eigenvalue weighted by atomic mass is 9.97. The first-order valence-electron chi connectivity index (χ1n) is 16.0.